The highest BCUT2D eigenvalue weighted by Gasteiger charge is 2.16. The predicted octanol–water partition coefficient (Wildman–Crippen LogP) is 3.81. The zero-order chi connectivity index (χ0) is 19.1. The molecule has 2 heterocycles. The van der Waals surface area contributed by atoms with Crippen LogP contribution in [0.1, 0.15) is 17.3 Å². The molecule has 27 heavy (non-hydrogen) atoms. The van der Waals surface area contributed by atoms with E-state index in [0.717, 1.165) is 11.1 Å². The number of rotatable bonds is 3. The van der Waals surface area contributed by atoms with Gasteiger partial charge in [-0.05, 0) is 31.2 Å². The normalized spacial score (nSPS) is 11.0. The molecule has 1 N–H and O–H groups in total. The van der Waals surface area contributed by atoms with E-state index in [4.69, 9.17) is 8.83 Å². The van der Waals surface area contributed by atoms with Gasteiger partial charge in [0.15, 0.2) is 5.78 Å². The molecule has 0 radical (unpaired) electrons. The Hall–Kier alpha value is -3.67. The molecular formula is C21H15NO5. The smallest absolute Gasteiger partial charge is 0.347 e. The van der Waals surface area contributed by atoms with Crippen molar-refractivity contribution in [3.63, 3.8) is 0 Å². The van der Waals surface area contributed by atoms with Crippen molar-refractivity contribution in [2.24, 2.45) is 0 Å². The minimum atomic E-state index is -0.730. The fraction of sp³-hybridized carbons (Fsp3) is 0.0952. The van der Waals surface area contributed by atoms with Crippen LogP contribution in [0.5, 0.6) is 0 Å². The van der Waals surface area contributed by atoms with Gasteiger partial charge in [0.25, 0.3) is 0 Å². The van der Waals surface area contributed by atoms with Gasteiger partial charge in [0.1, 0.15) is 16.7 Å². The molecule has 4 rings (SSSR count). The Balaban J connectivity index is 2.01. The van der Waals surface area contributed by atoms with Crippen molar-refractivity contribution in [3.05, 3.63) is 74.9 Å². The fourth-order valence-corrected chi connectivity index (χ4v) is 3.06. The highest BCUT2D eigenvalue weighted by atomic mass is 16.4. The van der Waals surface area contributed by atoms with Crippen LogP contribution in [0, 0.1) is 0 Å². The maximum absolute atomic E-state index is 12.6. The number of nitrogens with one attached hydrogen (secondary N) is 1. The number of carbonyl (C=O) groups excluding carboxylic acids is 1. The van der Waals surface area contributed by atoms with Gasteiger partial charge in [0.2, 0.25) is 0 Å². The first kappa shape index (κ1) is 16.8. The zero-order valence-corrected chi connectivity index (χ0v) is 14.7. The van der Waals surface area contributed by atoms with E-state index in [1.165, 1.54) is 13.0 Å². The first-order valence-corrected chi connectivity index (χ1v) is 8.32. The van der Waals surface area contributed by atoms with Crippen LogP contribution in [0.4, 0.5) is 5.69 Å². The summed E-state index contributed by atoms with van der Waals surface area (Å²) in [7, 11) is 1.78. The number of hydrogen-bond acceptors (Lipinski definition) is 6. The summed E-state index contributed by atoms with van der Waals surface area (Å²) in [5, 5.41) is 4.29. The topological polar surface area (TPSA) is 89.5 Å². The summed E-state index contributed by atoms with van der Waals surface area (Å²) in [6.07, 6.45) is 0. The Bertz CT molecular complexity index is 1330. The molecule has 6 heteroatoms. The van der Waals surface area contributed by atoms with Gasteiger partial charge in [-0.3, -0.25) is 4.79 Å². The SMILES string of the molecule is CNc1ccc2cc(-c3cccc4cc(C(C)=O)c(=O)oc34)c(=O)oc2c1. The summed E-state index contributed by atoms with van der Waals surface area (Å²) >= 11 is 0. The van der Waals surface area contributed by atoms with Gasteiger partial charge in [-0.1, -0.05) is 18.2 Å². The maximum Gasteiger partial charge on any atom is 0.347 e. The van der Waals surface area contributed by atoms with Gasteiger partial charge < -0.3 is 14.2 Å². The molecule has 0 aliphatic rings. The number of benzene rings is 2. The molecule has 0 saturated carbocycles. The van der Waals surface area contributed by atoms with Crippen molar-refractivity contribution >= 4 is 33.4 Å². The summed E-state index contributed by atoms with van der Waals surface area (Å²) in [4.78, 5) is 36.3. The molecule has 0 fully saturated rings. The third-order valence-corrected chi connectivity index (χ3v) is 4.45. The molecule has 0 aliphatic heterocycles. The zero-order valence-electron chi connectivity index (χ0n) is 14.7. The molecule has 6 nitrogen and oxygen atoms in total. The monoisotopic (exact) mass is 361 g/mol. The third kappa shape index (κ3) is 2.81. The average molecular weight is 361 g/mol. The number of Topliss-reactive ketones (excluding diaryl/α,β-unsaturated/α-hetero) is 1. The first-order chi connectivity index (χ1) is 13.0. The van der Waals surface area contributed by atoms with Crippen LogP contribution in [-0.4, -0.2) is 12.8 Å². The number of para-hydroxylation sites is 1. The summed E-state index contributed by atoms with van der Waals surface area (Å²) in [5.41, 5.74) is 0.947. The number of anilines is 1. The van der Waals surface area contributed by atoms with Crippen molar-refractivity contribution in [1.82, 2.24) is 0 Å². The lowest BCUT2D eigenvalue weighted by Gasteiger charge is -2.07. The molecule has 0 amide bonds. The maximum atomic E-state index is 12.6. The summed E-state index contributed by atoms with van der Waals surface area (Å²) in [6, 6.07) is 13.8. The third-order valence-electron chi connectivity index (χ3n) is 4.45. The molecule has 2 aromatic heterocycles. The van der Waals surface area contributed by atoms with Crippen molar-refractivity contribution < 1.29 is 13.6 Å². The molecule has 0 spiro atoms. The summed E-state index contributed by atoms with van der Waals surface area (Å²) < 4.78 is 10.8. The lowest BCUT2D eigenvalue weighted by Crippen LogP contribution is -2.11. The number of fused-ring (bicyclic) bond motifs is 2. The van der Waals surface area contributed by atoms with E-state index in [0.29, 0.717) is 16.5 Å². The summed E-state index contributed by atoms with van der Waals surface area (Å²) in [5.74, 6) is -0.374. The van der Waals surface area contributed by atoms with Crippen LogP contribution in [-0.2, 0) is 0 Å². The van der Waals surface area contributed by atoms with E-state index in [1.54, 1.807) is 37.4 Å². The minimum Gasteiger partial charge on any atom is -0.422 e. The highest BCUT2D eigenvalue weighted by molar-refractivity contribution is 5.99. The van der Waals surface area contributed by atoms with Crippen molar-refractivity contribution in [2.45, 2.75) is 6.92 Å². The van der Waals surface area contributed by atoms with E-state index >= 15 is 0 Å². The first-order valence-electron chi connectivity index (χ1n) is 8.32. The van der Waals surface area contributed by atoms with Crippen molar-refractivity contribution in [3.8, 4) is 11.1 Å². The van der Waals surface area contributed by atoms with E-state index in [2.05, 4.69) is 5.32 Å². The van der Waals surface area contributed by atoms with E-state index < -0.39 is 11.3 Å². The lowest BCUT2D eigenvalue weighted by atomic mass is 10.0. The van der Waals surface area contributed by atoms with Gasteiger partial charge >= 0.3 is 11.3 Å². The molecule has 0 bridgehead atoms. The van der Waals surface area contributed by atoms with Crippen LogP contribution in [0.25, 0.3) is 33.1 Å². The Labute approximate surface area is 153 Å². The second kappa shape index (κ2) is 6.25. The van der Waals surface area contributed by atoms with Crippen molar-refractivity contribution in [2.75, 3.05) is 12.4 Å². The van der Waals surface area contributed by atoms with Crippen LogP contribution in [0.2, 0.25) is 0 Å². The van der Waals surface area contributed by atoms with E-state index in [-0.39, 0.29) is 22.5 Å². The van der Waals surface area contributed by atoms with Crippen LogP contribution in [0.3, 0.4) is 0 Å². The minimum absolute atomic E-state index is 0.0233. The van der Waals surface area contributed by atoms with Crippen LogP contribution in [0.15, 0.2) is 67.0 Å². The van der Waals surface area contributed by atoms with E-state index in [9.17, 15) is 14.4 Å². The summed E-state index contributed by atoms with van der Waals surface area (Å²) in [6.45, 7) is 1.30. The average Bonchev–Trinajstić information content (AvgIpc) is 2.66. The predicted molar refractivity (Wildman–Crippen MR) is 104 cm³/mol. The molecule has 0 unspecified atom stereocenters. The fourth-order valence-electron chi connectivity index (χ4n) is 3.06. The molecule has 0 aliphatic carbocycles. The molecular weight excluding hydrogens is 346 g/mol. The molecule has 4 aromatic rings. The standard InChI is InChI=1S/C21H15NO5/c1-11(23)16-9-13-4-3-5-15(19(13)27-20(16)24)17-8-12-6-7-14(22-2)10-18(12)26-21(17)25/h3-10,22H,1-2H3. The Morgan fingerprint density at radius 1 is 0.889 bits per heavy atom. The molecule has 134 valence electrons. The largest absolute Gasteiger partial charge is 0.422 e. The van der Waals surface area contributed by atoms with E-state index in [1.807, 2.05) is 12.1 Å². The highest BCUT2D eigenvalue weighted by Crippen LogP contribution is 2.29. The number of carbonyl (C=O) groups is 1. The molecule has 0 atom stereocenters. The van der Waals surface area contributed by atoms with Crippen molar-refractivity contribution in [1.29, 1.82) is 0 Å². The van der Waals surface area contributed by atoms with Gasteiger partial charge in [0, 0.05) is 35.1 Å². The Morgan fingerprint density at radius 3 is 2.44 bits per heavy atom. The molecule has 2 aromatic carbocycles. The lowest BCUT2D eigenvalue weighted by molar-refractivity contribution is 0.101. The second-order valence-electron chi connectivity index (χ2n) is 6.18. The second-order valence-corrected chi connectivity index (χ2v) is 6.18. The quantitative estimate of drug-likeness (QED) is 0.441. The van der Waals surface area contributed by atoms with Gasteiger partial charge in [-0.2, -0.15) is 0 Å². The molecule has 0 saturated heterocycles. The number of ketones is 1. The van der Waals surface area contributed by atoms with Gasteiger partial charge in [-0.25, -0.2) is 9.59 Å². The Morgan fingerprint density at radius 2 is 1.70 bits per heavy atom. The van der Waals surface area contributed by atoms with Crippen LogP contribution < -0.4 is 16.6 Å². The number of hydrogen-bond donors (Lipinski definition) is 1. The Kier molecular flexibility index (Phi) is 3.88. The van der Waals surface area contributed by atoms with Gasteiger partial charge in [-0.15, -0.1) is 0 Å². The van der Waals surface area contributed by atoms with Crippen LogP contribution >= 0.6 is 0 Å². The van der Waals surface area contributed by atoms with Gasteiger partial charge in [0.05, 0.1) is 5.56 Å².